The molecule has 4 rings (SSSR count). The number of benzene rings is 2. The highest BCUT2D eigenvalue weighted by Crippen LogP contribution is 2.33. The number of hydrogen-bond donors (Lipinski definition) is 2. The maximum atomic E-state index is 13.7. The molecule has 2 aliphatic rings. The summed E-state index contributed by atoms with van der Waals surface area (Å²) >= 11 is 0. The van der Waals surface area contributed by atoms with Crippen molar-refractivity contribution < 1.29 is 23.6 Å². The van der Waals surface area contributed by atoms with Crippen LogP contribution in [0.15, 0.2) is 42.5 Å². The van der Waals surface area contributed by atoms with E-state index in [9.17, 15) is 9.18 Å². The van der Waals surface area contributed by atoms with Gasteiger partial charge in [0, 0.05) is 30.5 Å². The van der Waals surface area contributed by atoms with Gasteiger partial charge in [0.1, 0.15) is 25.1 Å². The largest absolute Gasteiger partial charge is 0.486 e. The van der Waals surface area contributed by atoms with E-state index in [-0.39, 0.29) is 24.3 Å². The molecule has 2 aromatic rings. The van der Waals surface area contributed by atoms with Crippen molar-refractivity contribution in [2.24, 2.45) is 0 Å². The Morgan fingerprint density at radius 2 is 1.96 bits per heavy atom. The van der Waals surface area contributed by atoms with Gasteiger partial charge in [0.2, 0.25) is 0 Å². The number of ether oxygens (including phenoxy) is 2. The van der Waals surface area contributed by atoms with E-state index in [0.29, 0.717) is 25.3 Å². The van der Waals surface area contributed by atoms with E-state index < -0.39 is 0 Å². The van der Waals surface area contributed by atoms with Gasteiger partial charge in [0.05, 0.1) is 6.54 Å². The fraction of sp³-hybridized carbons (Fsp3) is 0.381. The minimum absolute atomic E-state index is 0.0577. The average Bonchev–Trinajstić information content (AvgIpc) is 3.15. The number of carbonyl (C=O) groups excluding carboxylic acids is 1. The molecule has 1 unspecified atom stereocenters. The maximum Gasteiger partial charge on any atom is 0.275 e. The Bertz CT molecular complexity index is 827. The highest BCUT2D eigenvalue weighted by atomic mass is 19.1. The molecule has 0 spiro atoms. The summed E-state index contributed by atoms with van der Waals surface area (Å²) in [7, 11) is 0. The highest BCUT2D eigenvalue weighted by Gasteiger charge is 2.32. The Kier molecular flexibility index (Phi) is 5.25. The number of carbonyl (C=O) groups is 1. The zero-order valence-electron chi connectivity index (χ0n) is 15.2. The molecule has 0 bridgehead atoms. The van der Waals surface area contributed by atoms with Crippen LogP contribution in [0.25, 0.3) is 0 Å². The van der Waals surface area contributed by atoms with Crippen molar-refractivity contribution in [1.82, 2.24) is 5.32 Å². The van der Waals surface area contributed by atoms with Crippen LogP contribution in [0.4, 0.5) is 4.39 Å². The maximum absolute atomic E-state index is 13.7. The SMILES string of the molecule is O=C(C[NH+]1CCC[C@@H]1c1ccc2c(c1)OCCO2)NCc1ccccc1F. The Balaban J connectivity index is 1.38. The predicted octanol–water partition coefficient (Wildman–Crippen LogP) is 1.63. The third-order valence-corrected chi connectivity index (χ3v) is 5.27. The van der Waals surface area contributed by atoms with Crippen LogP contribution < -0.4 is 19.7 Å². The van der Waals surface area contributed by atoms with Crippen LogP contribution in [0, 0.1) is 5.82 Å². The van der Waals surface area contributed by atoms with Gasteiger partial charge in [0.15, 0.2) is 18.0 Å². The molecular formula is C21H24FN2O3+. The van der Waals surface area contributed by atoms with Gasteiger partial charge in [-0.25, -0.2) is 4.39 Å². The summed E-state index contributed by atoms with van der Waals surface area (Å²) in [5.41, 5.74) is 1.68. The van der Waals surface area contributed by atoms with Gasteiger partial charge in [-0.3, -0.25) is 4.79 Å². The van der Waals surface area contributed by atoms with E-state index in [2.05, 4.69) is 11.4 Å². The molecule has 27 heavy (non-hydrogen) atoms. The zero-order chi connectivity index (χ0) is 18.6. The van der Waals surface area contributed by atoms with Crippen molar-refractivity contribution in [2.45, 2.75) is 25.4 Å². The Morgan fingerprint density at radius 3 is 2.81 bits per heavy atom. The number of amides is 1. The molecule has 0 aromatic heterocycles. The van der Waals surface area contributed by atoms with E-state index in [1.807, 2.05) is 12.1 Å². The van der Waals surface area contributed by atoms with Crippen molar-refractivity contribution >= 4 is 5.91 Å². The second-order valence-electron chi connectivity index (χ2n) is 7.05. The summed E-state index contributed by atoms with van der Waals surface area (Å²) in [6.45, 7) is 2.69. The van der Waals surface area contributed by atoms with Gasteiger partial charge in [-0.2, -0.15) is 0 Å². The average molecular weight is 371 g/mol. The summed E-state index contributed by atoms with van der Waals surface area (Å²) in [5.74, 6) is 1.22. The molecule has 2 heterocycles. The lowest BCUT2D eigenvalue weighted by Crippen LogP contribution is -3.11. The summed E-state index contributed by atoms with van der Waals surface area (Å²) in [4.78, 5) is 13.6. The minimum Gasteiger partial charge on any atom is -0.486 e. The topological polar surface area (TPSA) is 52.0 Å². The molecule has 2 aliphatic heterocycles. The lowest BCUT2D eigenvalue weighted by atomic mass is 10.0. The van der Waals surface area contributed by atoms with Gasteiger partial charge in [-0.15, -0.1) is 0 Å². The number of nitrogens with one attached hydrogen (secondary N) is 2. The zero-order valence-corrected chi connectivity index (χ0v) is 15.2. The van der Waals surface area contributed by atoms with Crippen molar-refractivity contribution in [1.29, 1.82) is 0 Å². The van der Waals surface area contributed by atoms with Crippen molar-refractivity contribution in [3.8, 4) is 11.5 Å². The van der Waals surface area contributed by atoms with E-state index in [1.165, 1.54) is 16.5 Å². The van der Waals surface area contributed by atoms with Crippen LogP contribution in [-0.4, -0.2) is 32.2 Å². The first-order chi connectivity index (χ1) is 13.2. The number of likely N-dealkylation sites (tertiary alicyclic amines) is 1. The number of fused-ring (bicyclic) bond motifs is 1. The standard InChI is InChI=1S/C21H23FN2O3/c22-17-5-2-1-4-16(17)13-23-21(25)14-24-9-3-6-18(24)15-7-8-19-20(12-15)27-11-10-26-19/h1-2,4-5,7-8,12,18H,3,6,9-11,13-14H2,(H,23,25)/p+1/t18-/m1/s1. The van der Waals surface area contributed by atoms with Gasteiger partial charge >= 0.3 is 0 Å². The first kappa shape index (κ1) is 17.8. The Hall–Kier alpha value is -2.60. The van der Waals surface area contributed by atoms with Crippen LogP contribution in [0.1, 0.15) is 30.0 Å². The molecule has 1 saturated heterocycles. The smallest absolute Gasteiger partial charge is 0.275 e. The monoisotopic (exact) mass is 371 g/mol. The quantitative estimate of drug-likeness (QED) is 0.840. The van der Waals surface area contributed by atoms with E-state index >= 15 is 0 Å². The molecule has 0 aliphatic carbocycles. The van der Waals surface area contributed by atoms with Crippen LogP contribution in [0.3, 0.4) is 0 Å². The van der Waals surface area contributed by atoms with Crippen molar-refractivity contribution in [2.75, 3.05) is 26.3 Å². The van der Waals surface area contributed by atoms with E-state index in [4.69, 9.17) is 9.47 Å². The molecule has 5 nitrogen and oxygen atoms in total. The molecule has 0 saturated carbocycles. The lowest BCUT2D eigenvalue weighted by molar-refractivity contribution is -0.910. The van der Waals surface area contributed by atoms with E-state index in [1.54, 1.807) is 18.2 Å². The molecule has 1 fully saturated rings. The summed E-state index contributed by atoms with van der Waals surface area (Å²) < 4.78 is 25.0. The second kappa shape index (κ2) is 7.96. The highest BCUT2D eigenvalue weighted by molar-refractivity contribution is 5.76. The third kappa shape index (κ3) is 4.06. The summed E-state index contributed by atoms with van der Waals surface area (Å²) in [5, 5.41) is 2.84. The summed E-state index contributed by atoms with van der Waals surface area (Å²) in [6, 6.07) is 12.9. The molecule has 0 radical (unpaired) electrons. The first-order valence-corrected chi connectivity index (χ1v) is 9.45. The van der Waals surface area contributed by atoms with Gasteiger partial charge in [0.25, 0.3) is 5.91 Å². The second-order valence-corrected chi connectivity index (χ2v) is 7.05. The van der Waals surface area contributed by atoms with E-state index in [0.717, 1.165) is 30.9 Å². The fourth-order valence-electron chi connectivity index (χ4n) is 3.91. The van der Waals surface area contributed by atoms with Crippen LogP contribution in [-0.2, 0) is 11.3 Å². The first-order valence-electron chi connectivity index (χ1n) is 9.45. The number of rotatable bonds is 5. The normalized spacial score (nSPS) is 21.1. The number of halogens is 1. The third-order valence-electron chi connectivity index (χ3n) is 5.27. The predicted molar refractivity (Wildman–Crippen MR) is 98.4 cm³/mol. The number of hydrogen-bond acceptors (Lipinski definition) is 3. The molecular weight excluding hydrogens is 347 g/mol. The Labute approximate surface area is 158 Å². The van der Waals surface area contributed by atoms with Gasteiger partial charge in [-0.1, -0.05) is 18.2 Å². The summed E-state index contributed by atoms with van der Waals surface area (Å²) in [6.07, 6.45) is 2.12. The number of quaternary nitrogens is 1. The molecule has 142 valence electrons. The molecule has 2 N–H and O–H groups in total. The van der Waals surface area contributed by atoms with Crippen molar-refractivity contribution in [3.05, 3.63) is 59.4 Å². The fourth-order valence-corrected chi connectivity index (χ4v) is 3.91. The Morgan fingerprint density at radius 1 is 1.15 bits per heavy atom. The molecule has 2 atom stereocenters. The van der Waals surface area contributed by atoms with Crippen LogP contribution >= 0.6 is 0 Å². The molecule has 1 amide bonds. The minimum atomic E-state index is -0.291. The molecule has 6 heteroatoms. The lowest BCUT2D eigenvalue weighted by Gasteiger charge is -2.24. The molecule has 2 aromatic carbocycles. The van der Waals surface area contributed by atoms with Crippen LogP contribution in [0.5, 0.6) is 11.5 Å². The van der Waals surface area contributed by atoms with Crippen molar-refractivity contribution in [3.63, 3.8) is 0 Å². The van der Waals surface area contributed by atoms with Gasteiger partial charge < -0.3 is 19.7 Å². The van der Waals surface area contributed by atoms with Crippen LogP contribution in [0.2, 0.25) is 0 Å². The van der Waals surface area contributed by atoms with Gasteiger partial charge in [-0.05, 0) is 24.3 Å².